The topological polar surface area (TPSA) is 17.3 Å². The predicted octanol–water partition coefficient (Wildman–Crippen LogP) is 0.0169. The zero-order valence-electron chi connectivity index (χ0n) is 4.13. The Labute approximate surface area is 51.3 Å². The Kier molecular flexibility index (Phi) is 1.32. The lowest BCUT2D eigenvalue weighted by Gasteiger charge is -1.90. The van der Waals surface area contributed by atoms with Crippen LogP contribution in [0.3, 0.4) is 0 Å². The van der Waals surface area contributed by atoms with E-state index in [2.05, 4.69) is 21.0 Å². The minimum atomic E-state index is 0.470. The molecule has 0 aromatic heterocycles. The standard InChI is InChI=1S/C4H7BrN2/c1-7-3-4(5)2-6-7/h2,4H,3H2,1H3/q+1. The minimum Gasteiger partial charge on any atom is -0.123 e. The monoisotopic (exact) mass is 162 g/mol. The highest BCUT2D eigenvalue weighted by Crippen LogP contribution is 1.99. The molecule has 1 aliphatic heterocycles. The Morgan fingerprint density at radius 1 is 2.00 bits per heavy atom. The van der Waals surface area contributed by atoms with Gasteiger partial charge in [0, 0.05) is 0 Å². The molecule has 1 rings (SSSR count). The lowest BCUT2D eigenvalue weighted by atomic mass is 10.5. The van der Waals surface area contributed by atoms with Crippen LogP contribution in [0.4, 0.5) is 0 Å². The first-order valence-electron chi connectivity index (χ1n) is 2.18. The van der Waals surface area contributed by atoms with Gasteiger partial charge in [-0.2, -0.15) is 0 Å². The summed E-state index contributed by atoms with van der Waals surface area (Å²) >= 11 is 3.39. The van der Waals surface area contributed by atoms with Gasteiger partial charge >= 0.3 is 0 Å². The summed E-state index contributed by atoms with van der Waals surface area (Å²) in [5, 5.41) is 5.88. The van der Waals surface area contributed by atoms with Crippen LogP contribution in [0, 0.1) is 0 Å². The molecular weight excluding hydrogens is 156 g/mol. The zero-order valence-corrected chi connectivity index (χ0v) is 5.72. The molecule has 0 saturated carbocycles. The van der Waals surface area contributed by atoms with E-state index >= 15 is 0 Å². The van der Waals surface area contributed by atoms with Crippen molar-refractivity contribution in [3.8, 4) is 0 Å². The Morgan fingerprint density at radius 2 is 2.71 bits per heavy atom. The molecular formula is C4H7BrN2+. The van der Waals surface area contributed by atoms with Gasteiger partial charge in [0.15, 0.2) is 5.10 Å². The molecule has 2 nitrogen and oxygen atoms in total. The number of hydrogen-bond acceptors (Lipinski definition) is 2. The van der Waals surface area contributed by atoms with Gasteiger partial charge in [-0.3, -0.25) is 0 Å². The first kappa shape index (κ1) is 5.09. The summed E-state index contributed by atoms with van der Waals surface area (Å²) in [6.45, 7) is 1.00. The van der Waals surface area contributed by atoms with Gasteiger partial charge in [-0.15, -0.1) is 5.01 Å². The highest BCUT2D eigenvalue weighted by Gasteiger charge is 2.20. The van der Waals surface area contributed by atoms with Gasteiger partial charge in [0.1, 0.15) is 11.4 Å². The van der Waals surface area contributed by atoms with Crippen molar-refractivity contribution in [1.82, 2.24) is 10.1 Å². The lowest BCUT2D eigenvalue weighted by Crippen LogP contribution is -2.16. The second-order valence-corrected chi connectivity index (χ2v) is 2.80. The molecule has 0 aromatic rings. The fraction of sp³-hybridized carbons (Fsp3) is 0.750. The van der Waals surface area contributed by atoms with E-state index in [4.69, 9.17) is 0 Å². The summed E-state index contributed by atoms with van der Waals surface area (Å²) < 4.78 is 0. The van der Waals surface area contributed by atoms with E-state index in [0.717, 1.165) is 6.54 Å². The molecule has 0 aliphatic carbocycles. The Bertz CT molecular complexity index is 81.7. The molecule has 0 saturated heterocycles. The van der Waals surface area contributed by atoms with Crippen LogP contribution in [0.15, 0.2) is 0 Å². The van der Waals surface area contributed by atoms with E-state index < -0.39 is 0 Å². The molecule has 7 heavy (non-hydrogen) atoms. The van der Waals surface area contributed by atoms with Crippen molar-refractivity contribution in [2.45, 2.75) is 4.83 Å². The summed E-state index contributed by atoms with van der Waals surface area (Å²) in [5.41, 5.74) is 0. The molecule has 0 amide bonds. The minimum absolute atomic E-state index is 0.470. The van der Waals surface area contributed by atoms with Crippen molar-refractivity contribution >= 4 is 22.1 Å². The summed E-state index contributed by atoms with van der Waals surface area (Å²) in [6, 6.07) is 0. The maximum Gasteiger partial charge on any atom is 0.267 e. The van der Waals surface area contributed by atoms with Gasteiger partial charge in [0.05, 0.1) is 7.05 Å². The van der Waals surface area contributed by atoms with Crippen LogP contribution >= 0.6 is 15.9 Å². The van der Waals surface area contributed by atoms with E-state index in [0.29, 0.717) is 4.83 Å². The molecule has 1 radical (unpaired) electrons. The Balaban J connectivity index is 2.42. The van der Waals surface area contributed by atoms with Crippen LogP contribution in [0.1, 0.15) is 0 Å². The summed E-state index contributed by atoms with van der Waals surface area (Å²) in [5.74, 6) is 0. The van der Waals surface area contributed by atoms with Crippen molar-refractivity contribution < 1.29 is 0 Å². The highest BCUT2D eigenvalue weighted by molar-refractivity contribution is 9.10. The molecule has 1 aliphatic rings. The third-order valence-corrected chi connectivity index (χ3v) is 1.39. The summed E-state index contributed by atoms with van der Waals surface area (Å²) in [7, 11) is 1.96. The summed E-state index contributed by atoms with van der Waals surface area (Å²) in [4.78, 5) is 0.470. The average molecular weight is 163 g/mol. The SMILES string of the molecule is CN1CC(Br)C=[N+]1. The zero-order chi connectivity index (χ0) is 5.28. The molecule has 1 atom stereocenters. The van der Waals surface area contributed by atoms with Crippen LogP contribution in [0.5, 0.6) is 0 Å². The Hall–Kier alpha value is -0.0500. The molecule has 0 fully saturated rings. The third-order valence-electron chi connectivity index (χ3n) is 0.864. The molecule has 0 spiro atoms. The third kappa shape index (κ3) is 1.16. The van der Waals surface area contributed by atoms with Gasteiger partial charge in [0.25, 0.3) is 6.21 Å². The second-order valence-electron chi connectivity index (χ2n) is 1.62. The number of halogens is 1. The summed E-state index contributed by atoms with van der Waals surface area (Å²) in [6.07, 6.45) is 1.89. The Morgan fingerprint density at radius 3 is 2.86 bits per heavy atom. The van der Waals surface area contributed by atoms with Crippen molar-refractivity contribution in [2.24, 2.45) is 0 Å². The van der Waals surface area contributed by atoms with Crippen LogP contribution in [-0.4, -0.2) is 29.6 Å². The number of hydrazone groups is 1. The van der Waals surface area contributed by atoms with Crippen LogP contribution < -0.4 is 5.10 Å². The molecule has 1 heterocycles. The lowest BCUT2D eigenvalue weighted by molar-refractivity contribution is 0.348. The van der Waals surface area contributed by atoms with Gasteiger partial charge in [-0.1, -0.05) is 15.9 Å². The van der Waals surface area contributed by atoms with E-state index in [1.54, 1.807) is 0 Å². The van der Waals surface area contributed by atoms with Crippen molar-refractivity contribution in [3.63, 3.8) is 0 Å². The van der Waals surface area contributed by atoms with E-state index in [-0.39, 0.29) is 0 Å². The molecule has 3 heteroatoms. The average Bonchev–Trinajstić information content (AvgIpc) is 1.87. The fourth-order valence-corrected chi connectivity index (χ4v) is 1.06. The largest absolute Gasteiger partial charge is 0.267 e. The van der Waals surface area contributed by atoms with Crippen LogP contribution in [0.2, 0.25) is 0 Å². The number of hydrogen-bond donors (Lipinski definition) is 0. The van der Waals surface area contributed by atoms with Crippen molar-refractivity contribution in [2.75, 3.05) is 13.6 Å². The van der Waals surface area contributed by atoms with Crippen LogP contribution in [0.25, 0.3) is 0 Å². The van der Waals surface area contributed by atoms with E-state index in [9.17, 15) is 0 Å². The second kappa shape index (κ2) is 1.82. The van der Waals surface area contributed by atoms with Gasteiger partial charge in [0.2, 0.25) is 0 Å². The number of rotatable bonds is 0. The molecule has 0 bridgehead atoms. The first-order chi connectivity index (χ1) is 3.29. The van der Waals surface area contributed by atoms with Gasteiger partial charge in [-0.05, 0) is 0 Å². The predicted molar refractivity (Wildman–Crippen MR) is 33.5 cm³/mol. The number of nitrogens with zero attached hydrogens (tertiary/aromatic N) is 2. The van der Waals surface area contributed by atoms with Crippen molar-refractivity contribution in [3.05, 3.63) is 0 Å². The number of alkyl halides is 1. The van der Waals surface area contributed by atoms with Crippen LogP contribution in [-0.2, 0) is 0 Å². The smallest absolute Gasteiger partial charge is 0.123 e. The maximum atomic E-state index is 3.98. The maximum absolute atomic E-state index is 3.98. The normalized spacial score (nSPS) is 29.4. The molecule has 1 unspecified atom stereocenters. The molecule has 39 valence electrons. The molecule has 0 aromatic carbocycles. The van der Waals surface area contributed by atoms with E-state index in [1.807, 2.05) is 18.3 Å². The molecule has 0 N–H and O–H groups in total. The van der Waals surface area contributed by atoms with E-state index in [1.165, 1.54) is 0 Å². The first-order valence-corrected chi connectivity index (χ1v) is 3.10. The fourth-order valence-electron chi connectivity index (χ4n) is 0.533. The quantitative estimate of drug-likeness (QED) is 0.460. The van der Waals surface area contributed by atoms with Crippen molar-refractivity contribution in [1.29, 1.82) is 0 Å². The highest BCUT2D eigenvalue weighted by atomic mass is 79.9. The van der Waals surface area contributed by atoms with Gasteiger partial charge < -0.3 is 0 Å². The van der Waals surface area contributed by atoms with Gasteiger partial charge in [-0.25, -0.2) is 0 Å².